The number of nitrogen functional groups attached to an aromatic ring is 1. The number of para-hydroxylation sites is 1. The Kier molecular flexibility index (Phi) is 7.29. The summed E-state index contributed by atoms with van der Waals surface area (Å²) in [5.74, 6) is -0.392. The van der Waals surface area contributed by atoms with Gasteiger partial charge in [0.05, 0.1) is 5.69 Å². The molecule has 6 nitrogen and oxygen atoms in total. The minimum Gasteiger partial charge on any atom is -0.441 e. The zero-order chi connectivity index (χ0) is 21.0. The lowest BCUT2D eigenvalue weighted by Gasteiger charge is -2.34. The van der Waals surface area contributed by atoms with Gasteiger partial charge in [-0.3, -0.25) is 0 Å². The van der Waals surface area contributed by atoms with Gasteiger partial charge >= 0.3 is 12.1 Å². The third kappa shape index (κ3) is 6.77. The molecule has 0 aliphatic rings. The van der Waals surface area contributed by atoms with Crippen molar-refractivity contribution in [3.63, 3.8) is 0 Å². The van der Waals surface area contributed by atoms with Gasteiger partial charge in [0.25, 0.3) is 0 Å². The second kappa shape index (κ2) is 8.63. The molecule has 0 spiro atoms. The van der Waals surface area contributed by atoms with E-state index >= 15 is 0 Å². The summed E-state index contributed by atoms with van der Waals surface area (Å²) in [5, 5.41) is 0.872. The van der Waals surface area contributed by atoms with Gasteiger partial charge < -0.3 is 15.3 Å². The molecular formula is C21H34N2O4. The van der Waals surface area contributed by atoms with Crippen molar-refractivity contribution < 1.29 is 19.2 Å². The monoisotopic (exact) mass is 378 g/mol. The Labute approximate surface area is 163 Å². The highest BCUT2D eigenvalue weighted by Crippen LogP contribution is 2.34. The summed E-state index contributed by atoms with van der Waals surface area (Å²) in [6, 6.07) is 5.31. The van der Waals surface area contributed by atoms with Gasteiger partial charge in [0, 0.05) is 6.42 Å². The van der Waals surface area contributed by atoms with Crippen LogP contribution >= 0.6 is 0 Å². The van der Waals surface area contributed by atoms with E-state index in [4.69, 9.17) is 15.3 Å². The molecule has 0 bridgehead atoms. The van der Waals surface area contributed by atoms with Crippen LogP contribution in [0.4, 0.5) is 16.2 Å². The molecule has 0 saturated heterocycles. The minimum atomic E-state index is -0.765. The molecular weight excluding hydrogens is 344 g/mol. The van der Waals surface area contributed by atoms with Crippen LogP contribution in [0.3, 0.4) is 0 Å². The number of ether oxygens (including phenoxy) is 1. The average molecular weight is 379 g/mol. The number of carbonyl (C=O) groups is 2. The average Bonchev–Trinajstić information content (AvgIpc) is 2.49. The van der Waals surface area contributed by atoms with Crippen LogP contribution in [0.15, 0.2) is 18.2 Å². The number of anilines is 2. The van der Waals surface area contributed by atoms with Crippen molar-refractivity contribution in [3.8, 4) is 0 Å². The molecule has 0 aliphatic carbocycles. The first-order chi connectivity index (χ1) is 12.3. The van der Waals surface area contributed by atoms with Crippen molar-refractivity contribution in [1.29, 1.82) is 0 Å². The zero-order valence-electron chi connectivity index (χ0n) is 17.9. The second-order valence-electron chi connectivity index (χ2n) is 8.91. The molecule has 0 aromatic heterocycles. The third-order valence-corrected chi connectivity index (χ3v) is 3.92. The van der Waals surface area contributed by atoms with Crippen LogP contribution in [0.1, 0.15) is 79.7 Å². The van der Waals surface area contributed by atoms with Crippen molar-refractivity contribution in [1.82, 2.24) is 0 Å². The number of rotatable bonds is 5. The van der Waals surface area contributed by atoms with E-state index in [9.17, 15) is 9.59 Å². The van der Waals surface area contributed by atoms with Crippen LogP contribution in [0, 0.1) is 5.41 Å². The Morgan fingerprint density at radius 2 is 1.74 bits per heavy atom. The molecule has 1 aromatic rings. The molecule has 0 saturated carbocycles. The second-order valence-corrected chi connectivity index (χ2v) is 8.91. The third-order valence-electron chi connectivity index (χ3n) is 3.92. The maximum Gasteiger partial charge on any atom is 0.448 e. The Morgan fingerprint density at radius 3 is 2.22 bits per heavy atom. The fourth-order valence-electron chi connectivity index (χ4n) is 3.19. The Bertz CT molecular complexity index is 675. The molecule has 0 unspecified atom stereocenters. The molecule has 0 fully saturated rings. The van der Waals surface area contributed by atoms with Gasteiger partial charge in [0.15, 0.2) is 0 Å². The fraction of sp³-hybridized carbons (Fsp3) is 0.619. The molecule has 0 radical (unpaired) electrons. The largest absolute Gasteiger partial charge is 0.448 e. The van der Waals surface area contributed by atoms with Crippen molar-refractivity contribution in [3.05, 3.63) is 23.8 Å². The lowest BCUT2D eigenvalue weighted by molar-refractivity contribution is -0.144. The Balaban J connectivity index is 3.24. The molecule has 1 aromatic carbocycles. The van der Waals surface area contributed by atoms with Crippen LogP contribution in [-0.2, 0) is 14.4 Å². The van der Waals surface area contributed by atoms with Gasteiger partial charge in [-0.1, -0.05) is 53.7 Å². The minimum absolute atomic E-state index is 0.0364. The molecule has 0 atom stereocenters. The Morgan fingerprint density at radius 1 is 1.15 bits per heavy atom. The summed E-state index contributed by atoms with van der Waals surface area (Å²) in [6.07, 6.45) is 0.000502. The number of hydroxylamine groups is 1. The highest BCUT2D eigenvalue weighted by Gasteiger charge is 2.34. The van der Waals surface area contributed by atoms with Crippen LogP contribution in [0.25, 0.3) is 0 Å². The van der Waals surface area contributed by atoms with E-state index in [0.29, 0.717) is 17.8 Å². The van der Waals surface area contributed by atoms with Gasteiger partial charge in [-0.05, 0) is 43.2 Å². The predicted molar refractivity (Wildman–Crippen MR) is 108 cm³/mol. The van der Waals surface area contributed by atoms with E-state index in [-0.39, 0.29) is 17.8 Å². The molecule has 1 rings (SSSR count). The highest BCUT2D eigenvalue weighted by molar-refractivity contribution is 5.92. The SMILES string of the molecule is CCC(=O)ON(C(=O)OC(C)(C)CC(C)(C)C)c1cccc(C(C)C)c1N. The summed E-state index contributed by atoms with van der Waals surface area (Å²) >= 11 is 0. The molecule has 152 valence electrons. The number of hydrogen-bond acceptors (Lipinski definition) is 5. The number of carbonyl (C=O) groups excluding carboxylic acids is 2. The zero-order valence-corrected chi connectivity index (χ0v) is 17.9. The molecule has 2 N–H and O–H groups in total. The highest BCUT2D eigenvalue weighted by atomic mass is 16.8. The van der Waals surface area contributed by atoms with Crippen LogP contribution in [-0.4, -0.2) is 17.7 Å². The Hall–Kier alpha value is -2.24. The van der Waals surface area contributed by atoms with Crippen molar-refractivity contribution in [2.45, 2.75) is 79.8 Å². The lowest BCUT2D eigenvalue weighted by Crippen LogP contribution is -2.41. The predicted octanol–water partition coefficient (Wildman–Crippen LogP) is 5.42. The fourth-order valence-corrected chi connectivity index (χ4v) is 3.19. The van der Waals surface area contributed by atoms with Crippen LogP contribution in [0.2, 0.25) is 0 Å². The topological polar surface area (TPSA) is 81.9 Å². The molecule has 0 aliphatic heterocycles. The number of nitrogens with two attached hydrogens (primary N) is 1. The first kappa shape index (κ1) is 22.8. The van der Waals surface area contributed by atoms with Crippen LogP contribution < -0.4 is 10.8 Å². The summed E-state index contributed by atoms with van der Waals surface area (Å²) in [4.78, 5) is 30.1. The van der Waals surface area contributed by atoms with Gasteiger partial charge in [-0.2, -0.15) is 0 Å². The van der Waals surface area contributed by atoms with Crippen molar-refractivity contribution in [2.75, 3.05) is 10.8 Å². The number of nitrogens with zero attached hydrogens (tertiary/aromatic N) is 1. The van der Waals surface area contributed by atoms with Gasteiger partial charge in [-0.25, -0.2) is 9.59 Å². The summed E-state index contributed by atoms with van der Waals surface area (Å²) < 4.78 is 5.69. The normalized spacial score (nSPS) is 12.0. The summed E-state index contributed by atoms with van der Waals surface area (Å²) in [7, 11) is 0. The van der Waals surface area contributed by atoms with E-state index in [2.05, 4.69) is 20.8 Å². The standard InChI is InChI=1S/C21H34N2O4/c1-9-17(24)27-23(16-12-10-11-15(14(2)3)18(16)22)19(25)26-21(7,8)13-20(4,5)6/h10-12,14H,9,13,22H2,1-8H3. The first-order valence-corrected chi connectivity index (χ1v) is 9.39. The maximum absolute atomic E-state index is 12.9. The van der Waals surface area contributed by atoms with E-state index < -0.39 is 17.7 Å². The molecule has 6 heteroatoms. The van der Waals surface area contributed by atoms with Gasteiger partial charge in [0.1, 0.15) is 11.3 Å². The molecule has 27 heavy (non-hydrogen) atoms. The maximum atomic E-state index is 12.9. The molecule has 1 amide bonds. The van der Waals surface area contributed by atoms with Crippen molar-refractivity contribution in [2.24, 2.45) is 5.41 Å². The van der Waals surface area contributed by atoms with E-state index in [0.717, 1.165) is 10.6 Å². The van der Waals surface area contributed by atoms with E-state index in [1.54, 1.807) is 19.1 Å². The summed E-state index contributed by atoms with van der Waals surface area (Å²) in [5.41, 5.74) is 7.05. The first-order valence-electron chi connectivity index (χ1n) is 9.39. The van der Waals surface area contributed by atoms with Crippen molar-refractivity contribution >= 4 is 23.4 Å². The van der Waals surface area contributed by atoms with E-state index in [1.807, 2.05) is 33.8 Å². The number of benzene rings is 1. The molecule has 0 heterocycles. The summed E-state index contributed by atoms with van der Waals surface area (Å²) in [6.45, 7) is 15.5. The van der Waals surface area contributed by atoms with Crippen LogP contribution in [0.5, 0.6) is 0 Å². The van der Waals surface area contributed by atoms with Gasteiger partial charge in [0.2, 0.25) is 0 Å². The van der Waals surface area contributed by atoms with E-state index in [1.165, 1.54) is 0 Å². The van der Waals surface area contributed by atoms with Gasteiger partial charge in [-0.15, -0.1) is 5.06 Å². The number of amides is 1. The number of hydrogen-bond donors (Lipinski definition) is 1. The smallest absolute Gasteiger partial charge is 0.441 e. The lowest BCUT2D eigenvalue weighted by atomic mass is 9.84. The quantitative estimate of drug-likeness (QED) is 0.546.